The molecule has 0 radical (unpaired) electrons. The van der Waals surface area contributed by atoms with Crippen LogP contribution in [0.5, 0.6) is 0 Å². The van der Waals surface area contributed by atoms with E-state index in [0.717, 1.165) is 0 Å². The maximum atomic E-state index is 8.76. The van der Waals surface area contributed by atoms with Gasteiger partial charge in [-0.2, -0.15) is 5.26 Å². The molecule has 0 aromatic rings. The number of hydrogen-bond donors (Lipinski definition) is 0. The lowest BCUT2D eigenvalue weighted by Gasteiger charge is -2.43. The van der Waals surface area contributed by atoms with Gasteiger partial charge in [0.15, 0.2) is 0 Å². The third-order valence-electron chi connectivity index (χ3n) is 3.43. The van der Waals surface area contributed by atoms with Gasteiger partial charge in [-0.15, -0.1) is 0 Å². The zero-order valence-corrected chi connectivity index (χ0v) is 6.27. The van der Waals surface area contributed by atoms with Gasteiger partial charge < -0.3 is 0 Å². The lowest BCUT2D eigenvalue weighted by molar-refractivity contribution is 0.0802. The molecule has 0 heterocycles. The van der Waals surface area contributed by atoms with Crippen LogP contribution in [0.3, 0.4) is 0 Å². The number of rotatable bonds is 0. The zero-order valence-electron chi connectivity index (χ0n) is 6.27. The monoisotopic (exact) mass is 135 g/mol. The summed E-state index contributed by atoms with van der Waals surface area (Å²) in [4.78, 5) is 0. The first-order chi connectivity index (χ1) is 4.87. The maximum absolute atomic E-state index is 8.76. The highest BCUT2D eigenvalue weighted by Gasteiger charge is 2.48. The van der Waals surface area contributed by atoms with Crippen LogP contribution >= 0.6 is 0 Å². The third kappa shape index (κ3) is 0.624. The van der Waals surface area contributed by atoms with Crippen molar-refractivity contribution in [3.8, 4) is 6.07 Å². The predicted molar refractivity (Wildman–Crippen MR) is 39.2 cm³/mol. The van der Waals surface area contributed by atoms with Gasteiger partial charge in [-0.1, -0.05) is 12.8 Å². The summed E-state index contributed by atoms with van der Waals surface area (Å²) >= 11 is 0. The van der Waals surface area contributed by atoms with Crippen molar-refractivity contribution in [3.63, 3.8) is 0 Å². The van der Waals surface area contributed by atoms with Gasteiger partial charge in [-0.3, -0.25) is 0 Å². The van der Waals surface area contributed by atoms with E-state index >= 15 is 0 Å². The zero-order chi connectivity index (χ0) is 7.03. The molecule has 2 saturated carbocycles. The molecular formula is C9H13N. The Kier molecular flexibility index (Phi) is 1.23. The Morgan fingerprint density at radius 1 is 1.20 bits per heavy atom. The van der Waals surface area contributed by atoms with Crippen molar-refractivity contribution in [2.75, 3.05) is 0 Å². The van der Waals surface area contributed by atoms with Crippen LogP contribution in [-0.4, -0.2) is 0 Å². The van der Waals surface area contributed by atoms with Crippen LogP contribution in [0.2, 0.25) is 0 Å². The molecule has 1 atom stereocenters. The fourth-order valence-electron chi connectivity index (χ4n) is 2.58. The van der Waals surface area contributed by atoms with Crippen molar-refractivity contribution in [1.82, 2.24) is 0 Å². The second kappa shape index (κ2) is 1.99. The van der Waals surface area contributed by atoms with E-state index in [9.17, 15) is 0 Å². The standard InChI is InChI=1S/C9H13N/c10-7-8-3-6-9(8)4-1-2-5-9/h8H,1-6H2. The molecular weight excluding hydrogens is 122 g/mol. The fourth-order valence-corrected chi connectivity index (χ4v) is 2.58. The van der Waals surface area contributed by atoms with E-state index in [1.807, 2.05) is 0 Å². The summed E-state index contributed by atoms with van der Waals surface area (Å²) in [6, 6.07) is 2.43. The molecule has 0 aliphatic heterocycles. The molecule has 0 amide bonds. The first-order valence-electron chi connectivity index (χ1n) is 4.27. The Hall–Kier alpha value is -0.510. The number of nitrogens with zero attached hydrogens (tertiary/aromatic N) is 1. The van der Waals surface area contributed by atoms with E-state index < -0.39 is 0 Å². The van der Waals surface area contributed by atoms with Gasteiger partial charge in [-0.05, 0) is 31.1 Å². The number of hydrogen-bond acceptors (Lipinski definition) is 1. The molecule has 1 unspecified atom stereocenters. The van der Waals surface area contributed by atoms with Crippen molar-refractivity contribution in [2.24, 2.45) is 11.3 Å². The molecule has 1 heteroatoms. The minimum Gasteiger partial charge on any atom is -0.198 e. The van der Waals surface area contributed by atoms with E-state index in [1.165, 1.54) is 38.5 Å². The van der Waals surface area contributed by atoms with Gasteiger partial charge in [-0.25, -0.2) is 0 Å². The van der Waals surface area contributed by atoms with Crippen LogP contribution in [0.15, 0.2) is 0 Å². The molecule has 0 bridgehead atoms. The molecule has 0 saturated heterocycles. The molecule has 54 valence electrons. The minimum absolute atomic E-state index is 0.426. The Bertz CT molecular complexity index is 172. The summed E-state index contributed by atoms with van der Waals surface area (Å²) < 4.78 is 0. The van der Waals surface area contributed by atoms with Gasteiger partial charge in [0.25, 0.3) is 0 Å². The topological polar surface area (TPSA) is 23.8 Å². The highest BCUT2D eigenvalue weighted by molar-refractivity contribution is 5.07. The van der Waals surface area contributed by atoms with Crippen LogP contribution < -0.4 is 0 Å². The second-order valence-corrected chi connectivity index (χ2v) is 3.79. The summed E-state index contributed by atoms with van der Waals surface area (Å²) in [5.41, 5.74) is 0.523. The van der Waals surface area contributed by atoms with Crippen LogP contribution in [-0.2, 0) is 0 Å². The van der Waals surface area contributed by atoms with Crippen molar-refractivity contribution >= 4 is 0 Å². The summed E-state index contributed by atoms with van der Waals surface area (Å²) in [6.45, 7) is 0. The molecule has 1 nitrogen and oxygen atoms in total. The molecule has 2 aliphatic rings. The quantitative estimate of drug-likeness (QED) is 0.500. The fraction of sp³-hybridized carbons (Fsp3) is 0.889. The van der Waals surface area contributed by atoms with E-state index in [2.05, 4.69) is 6.07 Å². The molecule has 0 aromatic heterocycles. The lowest BCUT2D eigenvalue weighted by atomic mass is 9.60. The average Bonchev–Trinajstić information content (AvgIpc) is 2.35. The summed E-state index contributed by atoms with van der Waals surface area (Å²) in [7, 11) is 0. The van der Waals surface area contributed by atoms with Gasteiger partial charge in [0, 0.05) is 0 Å². The molecule has 10 heavy (non-hydrogen) atoms. The summed E-state index contributed by atoms with van der Waals surface area (Å²) in [6.07, 6.45) is 7.94. The lowest BCUT2D eigenvalue weighted by Crippen LogP contribution is -2.36. The molecule has 0 N–H and O–H groups in total. The van der Waals surface area contributed by atoms with E-state index in [1.54, 1.807) is 0 Å². The minimum atomic E-state index is 0.426. The molecule has 1 spiro atoms. The van der Waals surface area contributed by atoms with E-state index in [0.29, 0.717) is 11.3 Å². The van der Waals surface area contributed by atoms with Crippen molar-refractivity contribution in [2.45, 2.75) is 38.5 Å². The Morgan fingerprint density at radius 2 is 1.90 bits per heavy atom. The first-order valence-corrected chi connectivity index (χ1v) is 4.27. The van der Waals surface area contributed by atoms with Gasteiger partial charge >= 0.3 is 0 Å². The normalized spacial score (nSPS) is 35.3. The van der Waals surface area contributed by atoms with Gasteiger partial charge in [0.2, 0.25) is 0 Å². The third-order valence-corrected chi connectivity index (χ3v) is 3.43. The first kappa shape index (κ1) is 6.22. The summed E-state index contributed by atoms with van der Waals surface area (Å²) in [5.74, 6) is 0.426. The molecule has 2 rings (SSSR count). The second-order valence-electron chi connectivity index (χ2n) is 3.79. The van der Waals surface area contributed by atoms with Crippen LogP contribution in [0.4, 0.5) is 0 Å². The van der Waals surface area contributed by atoms with Crippen molar-refractivity contribution in [3.05, 3.63) is 0 Å². The highest BCUT2D eigenvalue weighted by Crippen LogP contribution is 2.56. The Labute approximate surface area is 62.0 Å². The van der Waals surface area contributed by atoms with Crippen molar-refractivity contribution in [1.29, 1.82) is 5.26 Å². The van der Waals surface area contributed by atoms with Gasteiger partial charge in [0.05, 0.1) is 12.0 Å². The van der Waals surface area contributed by atoms with Crippen LogP contribution in [0.1, 0.15) is 38.5 Å². The largest absolute Gasteiger partial charge is 0.198 e. The average molecular weight is 135 g/mol. The predicted octanol–water partition coefficient (Wildman–Crippen LogP) is 2.48. The maximum Gasteiger partial charge on any atom is 0.0661 e. The van der Waals surface area contributed by atoms with E-state index in [-0.39, 0.29) is 0 Å². The van der Waals surface area contributed by atoms with Crippen LogP contribution in [0.25, 0.3) is 0 Å². The molecule has 2 fully saturated rings. The molecule has 0 aromatic carbocycles. The van der Waals surface area contributed by atoms with Crippen LogP contribution in [0, 0.1) is 22.7 Å². The number of nitriles is 1. The van der Waals surface area contributed by atoms with E-state index in [4.69, 9.17) is 5.26 Å². The Balaban J connectivity index is 2.09. The molecule has 2 aliphatic carbocycles. The summed E-state index contributed by atoms with van der Waals surface area (Å²) in [5, 5.41) is 8.76. The SMILES string of the molecule is N#CC1CCC12CCCC2. The highest BCUT2D eigenvalue weighted by atomic mass is 14.5. The Morgan fingerprint density at radius 3 is 2.30 bits per heavy atom. The smallest absolute Gasteiger partial charge is 0.0661 e. The van der Waals surface area contributed by atoms with Crippen molar-refractivity contribution < 1.29 is 0 Å². The van der Waals surface area contributed by atoms with Gasteiger partial charge in [0.1, 0.15) is 0 Å².